The average molecular weight is 266 g/mol. The summed E-state index contributed by atoms with van der Waals surface area (Å²) in [5, 5.41) is 11.7. The number of rotatable bonds is 7. The molecule has 1 saturated carbocycles. The lowest BCUT2D eigenvalue weighted by atomic mass is 10.2. The third kappa shape index (κ3) is 4.26. The number of hydrogen-bond acceptors (Lipinski definition) is 5. The monoisotopic (exact) mass is 266 g/mol. The minimum Gasteiger partial charge on any atom is -0.381 e. The molecule has 2 aliphatic rings. The smallest absolute Gasteiger partial charge is 0.0964 e. The fourth-order valence-electron chi connectivity index (χ4n) is 2.22. The van der Waals surface area contributed by atoms with Crippen LogP contribution in [0, 0.1) is 0 Å². The molecule has 0 spiro atoms. The first-order valence-corrected chi connectivity index (χ1v) is 7.22. The molecule has 2 heterocycles. The van der Waals surface area contributed by atoms with Crippen LogP contribution in [-0.2, 0) is 22.6 Å². The maximum atomic E-state index is 5.82. The molecule has 1 aromatic rings. The van der Waals surface area contributed by atoms with Gasteiger partial charge in [0.15, 0.2) is 0 Å². The maximum absolute atomic E-state index is 5.82. The molecule has 19 heavy (non-hydrogen) atoms. The van der Waals surface area contributed by atoms with Gasteiger partial charge in [-0.1, -0.05) is 5.21 Å². The lowest BCUT2D eigenvalue weighted by molar-refractivity contribution is -0.0345. The van der Waals surface area contributed by atoms with Gasteiger partial charge in [0.2, 0.25) is 0 Å². The van der Waals surface area contributed by atoms with Gasteiger partial charge in [-0.15, -0.1) is 5.10 Å². The normalized spacial score (nSPS) is 20.8. The SMILES string of the molecule is c1c(CNC2CC2)nnn1CCOC1CCOCC1. The summed E-state index contributed by atoms with van der Waals surface area (Å²) in [4.78, 5) is 0. The van der Waals surface area contributed by atoms with Crippen LogP contribution in [0.2, 0.25) is 0 Å². The van der Waals surface area contributed by atoms with Crippen molar-refractivity contribution in [3.8, 4) is 0 Å². The third-order valence-corrected chi connectivity index (χ3v) is 3.58. The first-order chi connectivity index (χ1) is 9.40. The van der Waals surface area contributed by atoms with Crippen molar-refractivity contribution >= 4 is 0 Å². The van der Waals surface area contributed by atoms with Crippen molar-refractivity contribution in [2.24, 2.45) is 0 Å². The summed E-state index contributed by atoms with van der Waals surface area (Å²) in [6, 6.07) is 0.710. The summed E-state index contributed by atoms with van der Waals surface area (Å²) < 4.78 is 13.0. The first-order valence-electron chi connectivity index (χ1n) is 7.22. The van der Waals surface area contributed by atoms with Crippen molar-refractivity contribution in [2.75, 3.05) is 19.8 Å². The minimum atomic E-state index is 0.355. The van der Waals surface area contributed by atoms with Crippen LogP contribution in [0.25, 0.3) is 0 Å². The van der Waals surface area contributed by atoms with Gasteiger partial charge in [0, 0.05) is 32.0 Å². The first kappa shape index (κ1) is 13.0. The molecular formula is C13H22N4O2. The van der Waals surface area contributed by atoms with Crippen LogP contribution in [0.3, 0.4) is 0 Å². The summed E-state index contributed by atoms with van der Waals surface area (Å²) in [6.07, 6.45) is 6.97. The maximum Gasteiger partial charge on any atom is 0.0964 e. The van der Waals surface area contributed by atoms with E-state index in [4.69, 9.17) is 9.47 Å². The number of ether oxygens (including phenoxy) is 2. The number of aromatic nitrogens is 3. The Labute approximate surface area is 113 Å². The predicted molar refractivity (Wildman–Crippen MR) is 69.7 cm³/mol. The molecule has 0 radical (unpaired) electrons. The van der Waals surface area contributed by atoms with E-state index >= 15 is 0 Å². The molecule has 0 unspecified atom stereocenters. The zero-order chi connectivity index (χ0) is 12.9. The van der Waals surface area contributed by atoms with Crippen molar-refractivity contribution in [1.29, 1.82) is 0 Å². The fourth-order valence-corrected chi connectivity index (χ4v) is 2.22. The Balaban J connectivity index is 1.34. The van der Waals surface area contributed by atoms with Crippen LogP contribution >= 0.6 is 0 Å². The van der Waals surface area contributed by atoms with Gasteiger partial charge in [0.05, 0.1) is 24.9 Å². The highest BCUT2D eigenvalue weighted by Crippen LogP contribution is 2.18. The van der Waals surface area contributed by atoms with E-state index in [1.807, 2.05) is 10.9 Å². The van der Waals surface area contributed by atoms with Crippen LogP contribution in [0.15, 0.2) is 6.20 Å². The number of hydrogen-bond donors (Lipinski definition) is 1. The minimum absolute atomic E-state index is 0.355. The van der Waals surface area contributed by atoms with Gasteiger partial charge in [-0.3, -0.25) is 0 Å². The van der Waals surface area contributed by atoms with Gasteiger partial charge in [0.25, 0.3) is 0 Å². The van der Waals surface area contributed by atoms with Crippen molar-refractivity contribution in [1.82, 2.24) is 20.3 Å². The van der Waals surface area contributed by atoms with E-state index in [-0.39, 0.29) is 0 Å². The second kappa shape index (κ2) is 6.45. The predicted octanol–water partition coefficient (Wildman–Crippen LogP) is 0.726. The molecule has 0 atom stereocenters. The van der Waals surface area contributed by atoms with E-state index in [1.165, 1.54) is 12.8 Å². The number of nitrogens with one attached hydrogen (secondary N) is 1. The summed E-state index contributed by atoms with van der Waals surface area (Å²) in [6.45, 7) is 3.94. The van der Waals surface area contributed by atoms with Crippen molar-refractivity contribution in [3.63, 3.8) is 0 Å². The van der Waals surface area contributed by atoms with Crippen LogP contribution in [0.1, 0.15) is 31.4 Å². The largest absolute Gasteiger partial charge is 0.381 e. The van der Waals surface area contributed by atoms with E-state index < -0.39 is 0 Å². The molecule has 0 bridgehead atoms. The molecule has 1 aliphatic heterocycles. The van der Waals surface area contributed by atoms with E-state index in [9.17, 15) is 0 Å². The van der Waals surface area contributed by atoms with Crippen LogP contribution in [0.5, 0.6) is 0 Å². The molecule has 3 rings (SSSR count). The van der Waals surface area contributed by atoms with E-state index in [0.717, 1.165) is 44.8 Å². The molecule has 1 aromatic heterocycles. The zero-order valence-electron chi connectivity index (χ0n) is 11.3. The highest BCUT2D eigenvalue weighted by Gasteiger charge is 2.20. The summed E-state index contributed by atoms with van der Waals surface area (Å²) >= 11 is 0. The Kier molecular flexibility index (Phi) is 4.42. The van der Waals surface area contributed by atoms with Crippen molar-refractivity contribution in [3.05, 3.63) is 11.9 Å². The standard InChI is InChI=1S/C13H22N4O2/c1-2-11(1)14-9-12-10-17(16-15-12)5-8-19-13-3-6-18-7-4-13/h10-11,13-14H,1-9H2. The third-order valence-electron chi connectivity index (χ3n) is 3.58. The molecule has 0 amide bonds. The molecule has 1 aliphatic carbocycles. The molecule has 1 saturated heterocycles. The van der Waals surface area contributed by atoms with Crippen LogP contribution in [0.4, 0.5) is 0 Å². The van der Waals surface area contributed by atoms with E-state index in [0.29, 0.717) is 18.8 Å². The molecule has 6 heteroatoms. The molecule has 0 aromatic carbocycles. The van der Waals surface area contributed by atoms with E-state index in [2.05, 4.69) is 15.6 Å². The van der Waals surface area contributed by atoms with Gasteiger partial charge in [-0.05, 0) is 25.7 Å². The van der Waals surface area contributed by atoms with Crippen molar-refractivity contribution in [2.45, 2.75) is 50.9 Å². The highest BCUT2D eigenvalue weighted by molar-refractivity contribution is 4.94. The number of nitrogens with zero attached hydrogens (tertiary/aromatic N) is 3. The molecule has 2 fully saturated rings. The highest BCUT2D eigenvalue weighted by atomic mass is 16.5. The van der Waals surface area contributed by atoms with Gasteiger partial charge in [-0.25, -0.2) is 4.68 Å². The second-order valence-corrected chi connectivity index (χ2v) is 5.31. The van der Waals surface area contributed by atoms with Gasteiger partial charge in [0.1, 0.15) is 0 Å². The lowest BCUT2D eigenvalue weighted by Crippen LogP contribution is -2.24. The van der Waals surface area contributed by atoms with Gasteiger partial charge < -0.3 is 14.8 Å². The Morgan fingerprint density at radius 3 is 2.95 bits per heavy atom. The Bertz CT molecular complexity index is 386. The van der Waals surface area contributed by atoms with Crippen LogP contribution < -0.4 is 5.32 Å². The lowest BCUT2D eigenvalue weighted by Gasteiger charge is -2.22. The van der Waals surface area contributed by atoms with E-state index in [1.54, 1.807) is 0 Å². The topological polar surface area (TPSA) is 61.2 Å². The Hall–Kier alpha value is -0.980. The average Bonchev–Trinajstić information content (AvgIpc) is 3.17. The fraction of sp³-hybridized carbons (Fsp3) is 0.846. The Morgan fingerprint density at radius 1 is 1.32 bits per heavy atom. The Morgan fingerprint density at radius 2 is 2.16 bits per heavy atom. The van der Waals surface area contributed by atoms with Gasteiger partial charge in [-0.2, -0.15) is 0 Å². The zero-order valence-corrected chi connectivity index (χ0v) is 11.3. The summed E-state index contributed by atoms with van der Waals surface area (Å²) in [5.41, 5.74) is 1.01. The summed E-state index contributed by atoms with van der Waals surface area (Å²) in [7, 11) is 0. The second-order valence-electron chi connectivity index (χ2n) is 5.31. The quantitative estimate of drug-likeness (QED) is 0.788. The van der Waals surface area contributed by atoms with Crippen LogP contribution in [-0.4, -0.2) is 47.0 Å². The molecule has 6 nitrogen and oxygen atoms in total. The van der Waals surface area contributed by atoms with Gasteiger partial charge >= 0.3 is 0 Å². The molecular weight excluding hydrogens is 244 g/mol. The molecule has 106 valence electrons. The molecule has 1 N–H and O–H groups in total. The van der Waals surface area contributed by atoms with Crippen molar-refractivity contribution < 1.29 is 9.47 Å². The summed E-state index contributed by atoms with van der Waals surface area (Å²) in [5.74, 6) is 0.